The third kappa shape index (κ3) is 7.12. The Bertz CT molecular complexity index is 1030. The SMILES string of the molecule is CN(C)C=NS(=O)(=O)c1cccc(Cc2cccc(COS(C)(=O)=O)c2)c1. The molecule has 0 heterocycles. The highest BCUT2D eigenvalue weighted by Gasteiger charge is 2.12. The molecule has 0 saturated heterocycles. The van der Waals surface area contributed by atoms with Gasteiger partial charge in [0.15, 0.2) is 0 Å². The maximum atomic E-state index is 12.3. The molecule has 2 aromatic carbocycles. The summed E-state index contributed by atoms with van der Waals surface area (Å²) in [5.74, 6) is 0. The molecule has 0 N–H and O–H groups in total. The first kappa shape index (κ1) is 21.1. The van der Waals surface area contributed by atoms with Gasteiger partial charge in [0.05, 0.1) is 17.8 Å². The van der Waals surface area contributed by atoms with Crippen LogP contribution >= 0.6 is 0 Å². The Kier molecular flexibility index (Phi) is 6.74. The molecule has 0 aliphatic heterocycles. The van der Waals surface area contributed by atoms with Gasteiger partial charge < -0.3 is 4.90 Å². The topological polar surface area (TPSA) is 93.1 Å². The van der Waals surface area contributed by atoms with Crippen molar-refractivity contribution in [2.45, 2.75) is 17.9 Å². The number of hydrogen-bond donors (Lipinski definition) is 0. The van der Waals surface area contributed by atoms with Crippen molar-refractivity contribution in [3.8, 4) is 0 Å². The third-order valence-corrected chi connectivity index (χ3v) is 5.22. The van der Waals surface area contributed by atoms with Gasteiger partial charge in [-0.25, -0.2) is 0 Å². The molecule has 0 radical (unpaired) electrons. The van der Waals surface area contributed by atoms with Crippen molar-refractivity contribution in [2.24, 2.45) is 4.40 Å². The average Bonchev–Trinajstić information content (AvgIpc) is 2.58. The first-order valence-electron chi connectivity index (χ1n) is 8.03. The monoisotopic (exact) mass is 410 g/mol. The van der Waals surface area contributed by atoms with Crippen molar-refractivity contribution in [3.05, 3.63) is 65.2 Å². The molecule has 0 saturated carbocycles. The molecule has 0 amide bonds. The van der Waals surface area contributed by atoms with Gasteiger partial charge in [0.2, 0.25) is 0 Å². The molecule has 9 heteroatoms. The summed E-state index contributed by atoms with van der Waals surface area (Å²) >= 11 is 0. The van der Waals surface area contributed by atoms with Crippen LogP contribution in [0.25, 0.3) is 0 Å². The highest BCUT2D eigenvalue weighted by Crippen LogP contribution is 2.18. The Balaban J connectivity index is 2.19. The minimum Gasteiger partial charge on any atom is -0.368 e. The van der Waals surface area contributed by atoms with Crippen LogP contribution in [0.3, 0.4) is 0 Å². The van der Waals surface area contributed by atoms with Gasteiger partial charge in [0.25, 0.3) is 20.1 Å². The second-order valence-corrected chi connectivity index (χ2v) is 9.55. The van der Waals surface area contributed by atoms with E-state index in [0.29, 0.717) is 6.42 Å². The summed E-state index contributed by atoms with van der Waals surface area (Å²) < 4.78 is 55.2. The number of nitrogens with zero attached hydrogens (tertiary/aromatic N) is 2. The summed E-state index contributed by atoms with van der Waals surface area (Å²) in [6.07, 6.45) is 2.74. The van der Waals surface area contributed by atoms with E-state index in [9.17, 15) is 16.8 Å². The zero-order valence-electron chi connectivity index (χ0n) is 15.4. The van der Waals surface area contributed by atoms with Gasteiger partial charge in [0, 0.05) is 14.1 Å². The lowest BCUT2D eigenvalue weighted by atomic mass is 10.0. The fraction of sp³-hybridized carbons (Fsp3) is 0.278. The van der Waals surface area contributed by atoms with Crippen LogP contribution < -0.4 is 0 Å². The molecule has 0 unspecified atom stereocenters. The molecule has 0 atom stereocenters. The van der Waals surface area contributed by atoms with Crippen molar-refractivity contribution < 1.29 is 21.0 Å². The van der Waals surface area contributed by atoms with Gasteiger partial charge in [-0.1, -0.05) is 36.4 Å². The van der Waals surface area contributed by atoms with Gasteiger partial charge in [-0.05, 0) is 35.2 Å². The first-order chi connectivity index (χ1) is 12.5. The van der Waals surface area contributed by atoms with E-state index < -0.39 is 20.1 Å². The maximum Gasteiger partial charge on any atom is 0.283 e. The lowest BCUT2D eigenvalue weighted by Crippen LogP contribution is -2.10. The fourth-order valence-electron chi connectivity index (χ4n) is 2.27. The minimum absolute atomic E-state index is 0.0413. The van der Waals surface area contributed by atoms with E-state index in [1.807, 2.05) is 18.2 Å². The van der Waals surface area contributed by atoms with E-state index in [-0.39, 0.29) is 11.5 Å². The summed E-state index contributed by atoms with van der Waals surface area (Å²) in [4.78, 5) is 1.67. The normalized spacial score (nSPS) is 12.4. The molecule has 0 aliphatic carbocycles. The summed E-state index contributed by atoms with van der Waals surface area (Å²) in [5.41, 5.74) is 2.44. The first-order valence-corrected chi connectivity index (χ1v) is 11.3. The Hall–Kier alpha value is -2.23. The molecule has 2 rings (SSSR count). The Morgan fingerprint density at radius 2 is 1.56 bits per heavy atom. The summed E-state index contributed by atoms with van der Waals surface area (Å²) in [6.45, 7) is -0.0413. The third-order valence-electron chi connectivity index (χ3n) is 3.45. The smallest absolute Gasteiger partial charge is 0.283 e. The minimum atomic E-state index is -3.76. The van der Waals surface area contributed by atoms with Crippen LogP contribution in [0, 0.1) is 0 Å². The molecule has 2 aromatic rings. The maximum absolute atomic E-state index is 12.3. The molecule has 146 valence electrons. The van der Waals surface area contributed by atoms with Crippen molar-refractivity contribution in [1.82, 2.24) is 4.90 Å². The van der Waals surface area contributed by atoms with Gasteiger partial charge in [0.1, 0.15) is 6.34 Å². The quantitative estimate of drug-likeness (QED) is 0.376. The van der Waals surface area contributed by atoms with Crippen molar-refractivity contribution in [1.29, 1.82) is 0 Å². The zero-order chi connectivity index (χ0) is 20.1. The zero-order valence-corrected chi connectivity index (χ0v) is 17.0. The van der Waals surface area contributed by atoms with E-state index >= 15 is 0 Å². The van der Waals surface area contributed by atoms with Crippen molar-refractivity contribution in [3.63, 3.8) is 0 Å². The van der Waals surface area contributed by atoms with Crippen LogP contribution in [0.1, 0.15) is 16.7 Å². The van der Waals surface area contributed by atoms with Gasteiger partial charge in [-0.3, -0.25) is 4.18 Å². The number of benzene rings is 2. The fourth-order valence-corrected chi connectivity index (χ4v) is 3.61. The van der Waals surface area contributed by atoms with Crippen LogP contribution in [0.2, 0.25) is 0 Å². The predicted octanol–water partition coefficient (Wildman–Crippen LogP) is 2.03. The number of rotatable bonds is 8. The van der Waals surface area contributed by atoms with Gasteiger partial charge in [-0.15, -0.1) is 4.40 Å². The Morgan fingerprint density at radius 3 is 2.19 bits per heavy atom. The highest BCUT2D eigenvalue weighted by atomic mass is 32.2. The molecule has 27 heavy (non-hydrogen) atoms. The number of hydrogen-bond acceptors (Lipinski definition) is 5. The average molecular weight is 411 g/mol. The second-order valence-electron chi connectivity index (χ2n) is 6.27. The molecule has 0 spiro atoms. The molecular weight excluding hydrogens is 388 g/mol. The van der Waals surface area contributed by atoms with Crippen LogP contribution in [0.15, 0.2) is 57.8 Å². The summed E-state index contributed by atoms with van der Waals surface area (Å²) in [5, 5.41) is 0. The number of sulfonamides is 1. The highest BCUT2D eigenvalue weighted by molar-refractivity contribution is 7.90. The van der Waals surface area contributed by atoms with E-state index in [2.05, 4.69) is 4.40 Å². The van der Waals surface area contributed by atoms with E-state index in [1.54, 1.807) is 43.3 Å². The van der Waals surface area contributed by atoms with Gasteiger partial charge in [-0.2, -0.15) is 16.8 Å². The van der Waals surface area contributed by atoms with E-state index in [4.69, 9.17) is 4.18 Å². The lowest BCUT2D eigenvalue weighted by molar-refractivity contribution is 0.311. The van der Waals surface area contributed by atoms with Crippen molar-refractivity contribution >= 4 is 26.5 Å². The van der Waals surface area contributed by atoms with Crippen LogP contribution in [-0.2, 0) is 37.4 Å². The lowest BCUT2D eigenvalue weighted by Gasteiger charge is -2.08. The molecule has 7 nitrogen and oxygen atoms in total. The van der Waals surface area contributed by atoms with Crippen molar-refractivity contribution in [2.75, 3.05) is 20.4 Å². The molecular formula is C18H22N2O5S2. The Labute approximate surface area is 160 Å². The van der Waals surface area contributed by atoms with Crippen LogP contribution in [0.4, 0.5) is 0 Å². The Morgan fingerprint density at radius 1 is 0.963 bits per heavy atom. The second kappa shape index (κ2) is 8.64. The van der Waals surface area contributed by atoms with Crippen LogP contribution in [-0.4, -0.2) is 48.4 Å². The van der Waals surface area contributed by atoms with E-state index in [1.165, 1.54) is 12.4 Å². The molecule has 0 aromatic heterocycles. The van der Waals surface area contributed by atoms with E-state index in [0.717, 1.165) is 22.9 Å². The largest absolute Gasteiger partial charge is 0.368 e. The summed E-state index contributed by atoms with van der Waals surface area (Å²) in [7, 11) is -3.89. The molecule has 0 aliphatic rings. The molecule has 0 fully saturated rings. The summed E-state index contributed by atoms with van der Waals surface area (Å²) in [6, 6.07) is 13.9. The standard InChI is InChI=1S/C18H22N2O5S2/c1-20(2)14-19-27(23,24)18-9-5-7-16(12-18)10-15-6-4-8-17(11-15)13-25-26(3,21)22/h4-9,11-12,14H,10,13H2,1-3H3. The van der Waals surface area contributed by atoms with Gasteiger partial charge >= 0.3 is 0 Å². The predicted molar refractivity (Wildman–Crippen MR) is 105 cm³/mol. The molecule has 0 bridgehead atoms. The van der Waals surface area contributed by atoms with Crippen LogP contribution in [0.5, 0.6) is 0 Å².